The smallest absolute Gasteiger partial charge is 0.287 e. The van der Waals surface area contributed by atoms with Crippen molar-refractivity contribution in [1.29, 1.82) is 0 Å². The number of amides is 1. The van der Waals surface area contributed by atoms with Crippen molar-refractivity contribution in [2.24, 2.45) is 0 Å². The number of carbonyl (C=O) groups excluding carboxylic acids is 1. The summed E-state index contributed by atoms with van der Waals surface area (Å²) in [7, 11) is -3.55. The Morgan fingerprint density at radius 1 is 1.00 bits per heavy atom. The maximum absolute atomic E-state index is 12.5. The van der Waals surface area contributed by atoms with Crippen molar-refractivity contribution in [2.45, 2.75) is 29.9 Å². The second-order valence-electron chi connectivity index (χ2n) is 7.53. The van der Waals surface area contributed by atoms with Gasteiger partial charge in [0.1, 0.15) is 11.5 Å². The topological polar surface area (TPSA) is 76.4 Å². The first kappa shape index (κ1) is 22.4. The molecule has 30 heavy (non-hydrogen) atoms. The van der Waals surface area contributed by atoms with E-state index in [1.807, 2.05) is 19.9 Å². The van der Waals surface area contributed by atoms with E-state index in [0.717, 1.165) is 5.56 Å². The lowest BCUT2D eigenvalue weighted by Crippen LogP contribution is -2.36. The van der Waals surface area contributed by atoms with E-state index < -0.39 is 21.2 Å². The predicted octanol–water partition coefficient (Wildman–Crippen LogP) is 5.27. The molecule has 0 fully saturated rings. The third-order valence-electron chi connectivity index (χ3n) is 4.71. The van der Waals surface area contributed by atoms with E-state index >= 15 is 0 Å². The van der Waals surface area contributed by atoms with Crippen molar-refractivity contribution in [3.63, 3.8) is 0 Å². The molecule has 1 heterocycles. The van der Waals surface area contributed by atoms with E-state index in [1.54, 1.807) is 30.3 Å². The van der Waals surface area contributed by atoms with Gasteiger partial charge in [0, 0.05) is 12.0 Å². The van der Waals surface area contributed by atoms with Crippen molar-refractivity contribution < 1.29 is 17.6 Å². The van der Waals surface area contributed by atoms with E-state index in [1.165, 1.54) is 24.3 Å². The molecule has 0 saturated carbocycles. The fourth-order valence-corrected chi connectivity index (χ4v) is 4.45. The molecule has 1 amide bonds. The second kappa shape index (κ2) is 8.84. The highest BCUT2D eigenvalue weighted by molar-refractivity contribution is 7.90. The summed E-state index contributed by atoms with van der Waals surface area (Å²) < 4.78 is 30.4. The first-order chi connectivity index (χ1) is 14.1. The molecule has 0 aliphatic rings. The summed E-state index contributed by atoms with van der Waals surface area (Å²) in [5.41, 5.74) is 0.516. The van der Waals surface area contributed by atoms with Gasteiger partial charge in [-0.25, -0.2) is 8.42 Å². The van der Waals surface area contributed by atoms with Crippen LogP contribution in [0.4, 0.5) is 0 Å². The molecule has 1 aromatic heterocycles. The lowest BCUT2D eigenvalue weighted by atomic mass is 9.84. The quantitative estimate of drug-likeness (QED) is 0.515. The van der Waals surface area contributed by atoms with Gasteiger partial charge in [0.15, 0.2) is 15.6 Å². The molecule has 3 rings (SSSR count). The number of hydrogen-bond acceptors (Lipinski definition) is 4. The van der Waals surface area contributed by atoms with Gasteiger partial charge in [0.05, 0.1) is 14.9 Å². The van der Waals surface area contributed by atoms with E-state index in [2.05, 4.69) is 5.32 Å². The Bertz CT molecular complexity index is 1150. The minimum absolute atomic E-state index is 0.0539. The number of nitrogens with one attached hydrogen (secondary N) is 1. The average molecular weight is 466 g/mol. The van der Waals surface area contributed by atoms with Crippen molar-refractivity contribution >= 4 is 38.9 Å². The van der Waals surface area contributed by atoms with Gasteiger partial charge in [-0.15, -0.1) is 0 Å². The summed E-state index contributed by atoms with van der Waals surface area (Å²) in [6.45, 7) is 4.25. The largest absolute Gasteiger partial charge is 0.455 e. The van der Waals surface area contributed by atoms with Crippen molar-refractivity contribution in [2.75, 3.05) is 6.54 Å². The lowest BCUT2D eigenvalue weighted by Gasteiger charge is -2.25. The minimum atomic E-state index is -3.55. The highest BCUT2D eigenvalue weighted by atomic mass is 35.5. The number of benzene rings is 2. The van der Waals surface area contributed by atoms with E-state index in [9.17, 15) is 13.2 Å². The Kier molecular flexibility index (Phi) is 6.60. The van der Waals surface area contributed by atoms with Crippen LogP contribution in [0.2, 0.25) is 10.0 Å². The molecule has 8 heteroatoms. The third-order valence-corrected chi connectivity index (χ3v) is 7.11. The number of hydrogen-bond donors (Lipinski definition) is 1. The maximum Gasteiger partial charge on any atom is 0.287 e. The summed E-state index contributed by atoms with van der Waals surface area (Å²) in [5, 5.41) is 3.74. The number of rotatable bonds is 7. The average Bonchev–Trinajstić information content (AvgIpc) is 3.16. The zero-order chi connectivity index (χ0) is 21.9. The van der Waals surface area contributed by atoms with E-state index in [0.29, 0.717) is 16.6 Å². The molecule has 3 aromatic rings. The maximum atomic E-state index is 12.5. The number of carbonyl (C=O) groups is 1. The Labute approximate surface area is 185 Å². The molecule has 0 radical (unpaired) electrons. The standard InChI is InChI=1S/C22H21Cl2NO4S/c1-22(2,15-8-10-18(23)19(24)12-15)14-25-21(26)20-11-9-16(29-20)13-30(27,28)17-6-4-3-5-7-17/h3-12H,13-14H2,1-2H3,(H,25,26). The summed E-state index contributed by atoms with van der Waals surface area (Å²) in [6.07, 6.45) is 0. The molecule has 0 aliphatic heterocycles. The van der Waals surface area contributed by atoms with Crippen LogP contribution in [0.25, 0.3) is 0 Å². The molecule has 0 unspecified atom stereocenters. The second-order valence-corrected chi connectivity index (χ2v) is 10.3. The molecular weight excluding hydrogens is 445 g/mol. The predicted molar refractivity (Wildman–Crippen MR) is 118 cm³/mol. The zero-order valence-corrected chi connectivity index (χ0v) is 18.8. The zero-order valence-electron chi connectivity index (χ0n) is 16.5. The van der Waals surface area contributed by atoms with Crippen molar-refractivity contribution in [3.05, 3.63) is 87.8 Å². The molecule has 1 N–H and O–H groups in total. The normalized spacial score (nSPS) is 12.0. The molecule has 2 aromatic carbocycles. The van der Waals surface area contributed by atoms with Gasteiger partial charge in [-0.1, -0.05) is 61.3 Å². The van der Waals surface area contributed by atoms with Crippen molar-refractivity contribution in [3.8, 4) is 0 Å². The van der Waals surface area contributed by atoms with Crippen LogP contribution in [0.15, 0.2) is 70.0 Å². The van der Waals surface area contributed by atoms with E-state index in [4.69, 9.17) is 27.6 Å². The Hall–Kier alpha value is -2.28. The number of furan rings is 1. The van der Waals surface area contributed by atoms with Crippen molar-refractivity contribution in [1.82, 2.24) is 5.32 Å². The molecule has 0 saturated heterocycles. The monoisotopic (exact) mass is 465 g/mol. The van der Waals surface area contributed by atoms with Crippen LogP contribution in [-0.2, 0) is 21.0 Å². The Morgan fingerprint density at radius 2 is 1.70 bits per heavy atom. The summed E-state index contributed by atoms with van der Waals surface area (Å²) in [6, 6.07) is 16.4. The summed E-state index contributed by atoms with van der Waals surface area (Å²) >= 11 is 12.1. The van der Waals surface area contributed by atoms with Crippen LogP contribution in [-0.4, -0.2) is 20.9 Å². The fourth-order valence-electron chi connectivity index (χ4n) is 2.88. The molecule has 0 bridgehead atoms. The first-order valence-electron chi connectivity index (χ1n) is 9.19. The Balaban J connectivity index is 1.65. The van der Waals surface area contributed by atoms with Gasteiger partial charge < -0.3 is 9.73 Å². The van der Waals surface area contributed by atoms with Crippen LogP contribution in [0, 0.1) is 0 Å². The van der Waals surface area contributed by atoms with Gasteiger partial charge in [-0.2, -0.15) is 0 Å². The molecule has 158 valence electrons. The van der Waals surface area contributed by atoms with Gasteiger partial charge in [0.2, 0.25) is 0 Å². The first-order valence-corrected chi connectivity index (χ1v) is 11.6. The lowest BCUT2D eigenvalue weighted by molar-refractivity contribution is 0.0916. The molecule has 0 atom stereocenters. The molecule has 5 nitrogen and oxygen atoms in total. The highest BCUT2D eigenvalue weighted by Crippen LogP contribution is 2.29. The molecular formula is C22H21Cl2NO4S. The molecule has 0 spiro atoms. The summed E-state index contributed by atoms with van der Waals surface area (Å²) in [5.74, 6) is -0.489. The van der Waals surface area contributed by atoms with Crippen LogP contribution in [0.3, 0.4) is 0 Å². The Morgan fingerprint density at radius 3 is 2.37 bits per heavy atom. The third kappa shape index (κ3) is 5.25. The summed E-state index contributed by atoms with van der Waals surface area (Å²) in [4.78, 5) is 12.7. The van der Waals surface area contributed by atoms with Crippen LogP contribution >= 0.6 is 23.2 Å². The van der Waals surface area contributed by atoms with Gasteiger partial charge in [0.25, 0.3) is 5.91 Å². The van der Waals surface area contributed by atoms with Crippen LogP contribution in [0.5, 0.6) is 0 Å². The van der Waals surface area contributed by atoms with Crippen LogP contribution in [0.1, 0.15) is 35.7 Å². The van der Waals surface area contributed by atoms with Gasteiger partial charge >= 0.3 is 0 Å². The minimum Gasteiger partial charge on any atom is -0.455 e. The number of halogens is 2. The fraction of sp³-hybridized carbons (Fsp3) is 0.227. The molecule has 0 aliphatic carbocycles. The van der Waals surface area contributed by atoms with E-state index in [-0.39, 0.29) is 22.2 Å². The number of sulfone groups is 1. The SMILES string of the molecule is CC(C)(CNC(=O)c1ccc(CS(=O)(=O)c2ccccc2)o1)c1ccc(Cl)c(Cl)c1. The highest BCUT2D eigenvalue weighted by Gasteiger charge is 2.24. The van der Waals surface area contributed by atoms with Crippen LogP contribution < -0.4 is 5.32 Å². The van der Waals surface area contributed by atoms with Gasteiger partial charge in [-0.3, -0.25) is 4.79 Å². The van der Waals surface area contributed by atoms with Gasteiger partial charge in [-0.05, 0) is 42.0 Å².